The molecule has 3 rings (SSSR count). The second kappa shape index (κ2) is 12.8. The number of carbonyl (C=O) groups excluding carboxylic acids is 2. The van der Waals surface area contributed by atoms with Crippen LogP contribution in [0.3, 0.4) is 0 Å². The number of carbonyl (C=O) groups is 2. The van der Waals surface area contributed by atoms with Crippen LogP contribution >= 0.6 is 11.6 Å². The summed E-state index contributed by atoms with van der Waals surface area (Å²) in [5.41, 5.74) is 10.9. The Balaban J connectivity index is 1.23. The molecule has 0 atom stereocenters. The molecule has 35 heavy (non-hydrogen) atoms. The van der Waals surface area contributed by atoms with Crippen LogP contribution < -0.4 is 27.4 Å². The third kappa shape index (κ3) is 8.35. The van der Waals surface area contributed by atoms with Crippen molar-refractivity contribution in [2.45, 2.75) is 31.8 Å². The number of rotatable bonds is 10. The summed E-state index contributed by atoms with van der Waals surface area (Å²) >= 11 is 5.77. The Kier molecular flexibility index (Phi) is 9.57. The zero-order valence-electron chi connectivity index (χ0n) is 19.1. The first-order valence-electron chi connectivity index (χ1n) is 11.2. The Morgan fingerprint density at radius 3 is 2.71 bits per heavy atom. The summed E-state index contributed by atoms with van der Waals surface area (Å²) in [6, 6.07) is 0. The molecule has 190 valence electrons. The van der Waals surface area contributed by atoms with Gasteiger partial charge in [-0.05, 0) is 32.2 Å². The highest BCUT2D eigenvalue weighted by Crippen LogP contribution is 2.17. The highest BCUT2D eigenvalue weighted by atomic mass is 35.5. The van der Waals surface area contributed by atoms with Gasteiger partial charge in [0.15, 0.2) is 28.4 Å². The van der Waals surface area contributed by atoms with Gasteiger partial charge in [0.25, 0.3) is 11.8 Å². The lowest BCUT2D eigenvalue weighted by Gasteiger charge is -2.31. The minimum absolute atomic E-state index is 0.00404. The normalized spacial score (nSPS) is 14.4. The van der Waals surface area contributed by atoms with Gasteiger partial charge in [0.1, 0.15) is 6.61 Å². The zero-order chi connectivity index (χ0) is 25.2. The lowest BCUT2D eigenvalue weighted by Crippen LogP contribution is -2.41. The number of ether oxygens (including phenoxy) is 1. The fourth-order valence-corrected chi connectivity index (χ4v) is 3.62. The van der Waals surface area contributed by atoms with Crippen LogP contribution in [-0.4, -0.2) is 81.5 Å². The van der Waals surface area contributed by atoms with Crippen molar-refractivity contribution in [2.75, 3.05) is 49.6 Å². The van der Waals surface area contributed by atoms with E-state index in [4.69, 9.17) is 33.2 Å². The number of anilines is 3. The number of unbranched alkanes of at least 4 members (excludes halogenated alkanes) is 1. The fourth-order valence-electron chi connectivity index (χ4n) is 3.49. The summed E-state index contributed by atoms with van der Waals surface area (Å²) in [5, 5.41) is 15.6. The summed E-state index contributed by atoms with van der Waals surface area (Å²) in [4.78, 5) is 40.7. The second-order valence-electron chi connectivity index (χ2n) is 7.93. The molecule has 0 aromatic carbocycles. The molecule has 15 heteroatoms. The Bertz CT molecular complexity index is 1010. The third-order valence-electron chi connectivity index (χ3n) is 5.30. The van der Waals surface area contributed by atoms with Gasteiger partial charge in [-0.25, -0.2) is 15.0 Å². The van der Waals surface area contributed by atoms with Crippen molar-refractivity contribution in [2.24, 2.45) is 0 Å². The lowest BCUT2D eigenvalue weighted by atomic mass is 10.1. The molecule has 0 radical (unpaired) electrons. The summed E-state index contributed by atoms with van der Waals surface area (Å²) in [6.45, 7) is 3.24. The van der Waals surface area contributed by atoms with Crippen molar-refractivity contribution in [1.29, 1.82) is 5.41 Å². The molecule has 0 spiro atoms. The van der Waals surface area contributed by atoms with Gasteiger partial charge in [-0.2, -0.15) is 0 Å². The first-order chi connectivity index (χ1) is 16.8. The lowest BCUT2D eigenvalue weighted by molar-refractivity contribution is -0.123. The molecule has 3 heterocycles. The first kappa shape index (κ1) is 26.1. The van der Waals surface area contributed by atoms with Crippen LogP contribution in [0.5, 0.6) is 0 Å². The Morgan fingerprint density at radius 1 is 1.23 bits per heavy atom. The maximum atomic E-state index is 12.2. The van der Waals surface area contributed by atoms with E-state index in [0.29, 0.717) is 12.5 Å². The molecule has 2 amide bonds. The maximum Gasteiger partial charge on any atom is 0.280 e. The van der Waals surface area contributed by atoms with E-state index < -0.39 is 5.91 Å². The van der Waals surface area contributed by atoms with E-state index in [1.807, 2.05) is 0 Å². The second-order valence-corrected chi connectivity index (χ2v) is 8.29. The van der Waals surface area contributed by atoms with Gasteiger partial charge in [-0.15, -0.1) is 0 Å². The van der Waals surface area contributed by atoms with Gasteiger partial charge in [-0.3, -0.25) is 25.6 Å². The van der Waals surface area contributed by atoms with E-state index in [9.17, 15) is 9.59 Å². The molecule has 2 aromatic rings. The van der Waals surface area contributed by atoms with Gasteiger partial charge >= 0.3 is 0 Å². The number of halogens is 1. The number of nitrogens with one attached hydrogen (secondary N) is 5. The quantitative estimate of drug-likeness (QED) is 0.131. The van der Waals surface area contributed by atoms with Gasteiger partial charge in [0.2, 0.25) is 5.95 Å². The van der Waals surface area contributed by atoms with Crippen molar-refractivity contribution < 1.29 is 14.3 Å². The number of likely N-dealkylation sites (tertiary alicyclic amines) is 1. The monoisotopic (exact) mass is 507 g/mol. The van der Waals surface area contributed by atoms with E-state index in [1.54, 1.807) is 12.4 Å². The fraction of sp³-hybridized carbons (Fsp3) is 0.500. The number of hydrogen-bond acceptors (Lipinski definition) is 10. The van der Waals surface area contributed by atoms with Gasteiger partial charge in [0, 0.05) is 32.0 Å². The molecule has 0 saturated carbocycles. The van der Waals surface area contributed by atoms with Crippen LogP contribution in [0.15, 0.2) is 12.4 Å². The van der Waals surface area contributed by atoms with Crippen LogP contribution in [0.25, 0.3) is 0 Å². The van der Waals surface area contributed by atoms with Crippen molar-refractivity contribution in [3.8, 4) is 0 Å². The number of nitrogens with two attached hydrogens (primary N) is 2. The largest absolute Gasteiger partial charge is 0.382 e. The molecule has 0 aliphatic carbocycles. The predicted molar refractivity (Wildman–Crippen MR) is 131 cm³/mol. The molecule has 0 unspecified atom stereocenters. The number of aromatic amines is 1. The number of nitrogen functional groups attached to an aromatic ring is 2. The Morgan fingerprint density at radius 2 is 2.00 bits per heavy atom. The average Bonchev–Trinajstić information content (AvgIpc) is 3.33. The van der Waals surface area contributed by atoms with Crippen molar-refractivity contribution >= 4 is 47.0 Å². The van der Waals surface area contributed by atoms with Crippen LogP contribution in [0, 0.1) is 5.41 Å². The molecule has 2 aromatic heterocycles. The molecular formula is C20H30ClN11O3. The Hall–Kier alpha value is -3.49. The first-order valence-corrected chi connectivity index (χ1v) is 11.5. The molecule has 0 bridgehead atoms. The van der Waals surface area contributed by atoms with E-state index >= 15 is 0 Å². The number of imidazole rings is 1. The summed E-state index contributed by atoms with van der Waals surface area (Å²) in [7, 11) is 0. The van der Waals surface area contributed by atoms with Crippen molar-refractivity contribution in [3.05, 3.63) is 23.2 Å². The smallest absolute Gasteiger partial charge is 0.280 e. The number of aromatic nitrogens is 4. The SMILES string of the molecule is N=C(NCCCCN1CCC(OCC(=O)Nc2ncc[nH]2)CC1)NC(=O)c1nc(Cl)c(N)nc1N. The zero-order valence-corrected chi connectivity index (χ0v) is 19.9. The number of hydrogen-bond donors (Lipinski definition) is 7. The molecule has 1 aliphatic rings. The average molecular weight is 508 g/mol. The van der Waals surface area contributed by atoms with Gasteiger partial charge < -0.3 is 31.4 Å². The number of piperidine rings is 1. The highest BCUT2D eigenvalue weighted by Gasteiger charge is 2.20. The summed E-state index contributed by atoms with van der Waals surface area (Å²) in [5.74, 6) is -0.921. The Labute approximate surface area is 207 Å². The van der Waals surface area contributed by atoms with E-state index in [2.05, 4.69) is 40.8 Å². The van der Waals surface area contributed by atoms with Gasteiger partial charge in [0.05, 0.1) is 6.10 Å². The predicted octanol–water partition coefficient (Wildman–Crippen LogP) is 0.172. The van der Waals surface area contributed by atoms with Crippen LogP contribution in [-0.2, 0) is 9.53 Å². The van der Waals surface area contributed by atoms with Gasteiger partial charge in [-0.1, -0.05) is 11.6 Å². The van der Waals surface area contributed by atoms with Crippen LogP contribution in [0.4, 0.5) is 17.6 Å². The highest BCUT2D eigenvalue weighted by molar-refractivity contribution is 6.31. The van der Waals surface area contributed by atoms with Crippen LogP contribution in [0.2, 0.25) is 5.15 Å². The van der Waals surface area contributed by atoms with Crippen molar-refractivity contribution in [1.82, 2.24) is 35.5 Å². The molecule has 1 fully saturated rings. The number of amides is 2. The standard InChI is InChI=1S/C20H30ClN11O3/c21-15-17(23)30-16(22)14(29-15)18(34)31-19(24)25-5-1-2-8-32-9-3-12(4-10-32)35-11-13(33)28-20-26-6-7-27-20/h6-7,12H,1-5,8-11H2,(H4,22,23,30)(H3,24,25,31,34)(H2,26,27,28,33). The van der Waals surface area contributed by atoms with E-state index in [0.717, 1.165) is 45.3 Å². The maximum absolute atomic E-state index is 12.2. The summed E-state index contributed by atoms with van der Waals surface area (Å²) < 4.78 is 5.72. The van der Waals surface area contributed by atoms with E-state index in [1.165, 1.54) is 0 Å². The molecule has 14 nitrogen and oxygen atoms in total. The number of guanidine groups is 1. The summed E-state index contributed by atoms with van der Waals surface area (Å²) in [6.07, 6.45) is 6.74. The third-order valence-corrected chi connectivity index (χ3v) is 5.58. The minimum Gasteiger partial charge on any atom is -0.382 e. The number of H-pyrrole nitrogens is 1. The minimum atomic E-state index is -0.696. The molecule has 1 saturated heterocycles. The van der Waals surface area contributed by atoms with Crippen molar-refractivity contribution in [3.63, 3.8) is 0 Å². The topological polar surface area (TPSA) is 213 Å². The molecular weight excluding hydrogens is 478 g/mol. The van der Waals surface area contributed by atoms with Crippen LogP contribution in [0.1, 0.15) is 36.2 Å². The molecule has 1 aliphatic heterocycles. The molecule has 9 N–H and O–H groups in total. The number of nitrogens with zero attached hydrogens (tertiary/aromatic N) is 4. The van der Waals surface area contributed by atoms with E-state index in [-0.39, 0.29) is 47.1 Å².